The first-order valence-corrected chi connectivity index (χ1v) is 5.51. The van der Waals surface area contributed by atoms with Crippen molar-refractivity contribution in [2.75, 3.05) is 24.3 Å². The summed E-state index contributed by atoms with van der Waals surface area (Å²) in [4.78, 5) is 13.4. The van der Waals surface area contributed by atoms with Crippen LogP contribution in [0.4, 0.5) is 24.5 Å². The largest absolute Gasteiger partial charge is 0.415 e. The SMILES string of the molecule is CN(C)c1ccccc1NC(=O)C(C)(N)C(F)(F)F. The molecule has 0 heterocycles. The van der Waals surface area contributed by atoms with Gasteiger partial charge in [-0.05, 0) is 19.1 Å². The Morgan fingerprint density at radius 1 is 1.26 bits per heavy atom. The Balaban J connectivity index is 3.01. The quantitative estimate of drug-likeness (QED) is 0.886. The molecule has 3 N–H and O–H groups in total. The number of halogens is 3. The van der Waals surface area contributed by atoms with E-state index in [9.17, 15) is 18.0 Å². The van der Waals surface area contributed by atoms with E-state index in [4.69, 9.17) is 5.73 Å². The number of benzene rings is 1. The highest BCUT2D eigenvalue weighted by atomic mass is 19.4. The van der Waals surface area contributed by atoms with Crippen LogP contribution >= 0.6 is 0 Å². The molecule has 0 radical (unpaired) electrons. The number of carbonyl (C=O) groups is 1. The zero-order valence-electron chi connectivity index (χ0n) is 10.9. The van der Waals surface area contributed by atoms with Crippen LogP contribution in [0.25, 0.3) is 0 Å². The highest BCUT2D eigenvalue weighted by Crippen LogP contribution is 2.30. The Bertz CT molecular complexity index is 470. The van der Waals surface area contributed by atoms with Crippen LogP contribution in [-0.2, 0) is 4.79 Å². The minimum absolute atomic E-state index is 0.276. The molecule has 0 bridgehead atoms. The minimum Gasteiger partial charge on any atom is -0.376 e. The van der Waals surface area contributed by atoms with Crippen LogP contribution in [0, 0.1) is 0 Å². The van der Waals surface area contributed by atoms with E-state index in [0.717, 1.165) is 0 Å². The molecule has 1 aromatic carbocycles. The topological polar surface area (TPSA) is 58.4 Å². The van der Waals surface area contributed by atoms with E-state index in [2.05, 4.69) is 5.32 Å². The zero-order valence-corrected chi connectivity index (χ0v) is 10.9. The first-order chi connectivity index (χ1) is 8.57. The standard InChI is InChI=1S/C12H16F3N3O/c1-11(16,12(13,14)15)10(19)17-8-6-4-5-7-9(8)18(2)3/h4-7H,16H2,1-3H3,(H,17,19). The van der Waals surface area contributed by atoms with Gasteiger partial charge in [0.05, 0.1) is 11.4 Å². The van der Waals surface area contributed by atoms with Gasteiger partial charge < -0.3 is 16.0 Å². The van der Waals surface area contributed by atoms with Crippen molar-refractivity contribution in [2.24, 2.45) is 5.73 Å². The van der Waals surface area contributed by atoms with Crippen molar-refractivity contribution in [2.45, 2.75) is 18.6 Å². The number of anilines is 2. The lowest BCUT2D eigenvalue weighted by molar-refractivity contribution is -0.184. The molecule has 1 aromatic rings. The molecule has 0 saturated carbocycles. The van der Waals surface area contributed by atoms with Gasteiger partial charge in [0.15, 0.2) is 5.54 Å². The number of amides is 1. The van der Waals surface area contributed by atoms with Gasteiger partial charge in [-0.25, -0.2) is 0 Å². The highest BCUT2D eigenvalue weighted by Gasteiger charge is 2.54. The normalized spacial score (nSPS) is 14.7. The maximum absolute atomic E-state index is 12.6. The summed E-state index contributed by atoms with van der Waals surface area (Å²) in [6.07, 6.45) is -4.82. The first kappa shape index (κ1) is 15.3. The van der Waals surface area contributed by atoms with Crippen molar-refractivity contribution in [3.05, 3.63) is 24.3 Å². The number of para-hydroxylation sites is 2. The molecule has 0 fully saturated rings. The summed E-state index contributed by atoms with van der Waals surface area (Å²) in [6, 6.07) is 6.52. The second-order valence-corrected chi connectivity index (χ2v) is 4.57. The van der Waals surface area contributed by atoms with E-state index >= 15 is 0 Å². The van der Waals surface area contributed by atoms with Crippen LogP contribution in [0.5, 0.6) is 0 Å². The molecule has 106 valence electrons. The van der Waals surface area contributed by atoms with Gasteiger partial charge in [-0.3, -0.25) is 4.79 Å². The molecule has 1 rings (SSSR count). The molecule has 0 spiro atoms. The van der Waals surface area contributed by atoms with E-state index in [1.165, 1.54) is 6.07 Å². The van der Waals surface area contributed by atoms with Gasteiger partial charge in [0.1, 0.15) is 0 Å². The van der Waals surface area contributed by atoms with Gasteiger partial charge in [-0.2, -0.15) is 13.2 Å². The molecular formula is C12H16F3N3O. The maximum atomic E-state index is 12.6. The third-order valence-corrected chi connectivity index (χ3v) is 2.69. The lowest BCUT2D eigenvalue weighted by Crippen LogP contribution is -2.59. The third-order valence-electron chi connectivity index (χ3n) is 2.69. The summed E-state index contributed by atoms with van der Waals surface area (Å²) in [6.45, 7) is 0.639. The lowest BCUT2D eigenvalue weighted by atomic mass is 10.0. The summed E-state index contributed by atoms with van der Waals surface area (Å²) in [5.41, 5.74) is 2.99. The van der Waals surface area contributed by atoms with E-state index in [1.54, 1.807) is 37.2 Å². The number of rotatable bonds is 3. The first-order valence-electron chi connectivity index (χ1n) is 5.51. The molecule has 0 aliphatic heterocycles. The summed E-state index contributed by atoms with van der Waals surface area (Å²) in [5, 5.41) is 2.21. The molecule has 19 heavy (non-hydrogen) atoms. The molecule has 1 amide bonds. The van der Waals surface area contributed by atoms with Crippen LogP contribution in [0.3, 0.4) is 0 Å². The monoisotopic (exact) mass is 275 g/mol. The van der Waals surface area contributed by atoms with Crippen LogP contribution < -0.4 is 16.0 Å². The maximum Gasteiger partial charge on any atom is 0.415 e. The number of nitrogens with zero attached hydrogens (tertiary/aromatic N) is 1. The molecule has 0 aliphatic carbocycles. The number of hydrogen-bond donors (Lipinski definition) is 2. The van der Waals surface area contributed by atoms with Crippen molar-refractivity contribution in [1.29, 1.82) is 0 Å². The number of nitrogens with one attached hydrogen (secondary N) is 1. The molecule has 1 unspecified atom stereocenters. The third kappa shape index (κ3) is 3.17. The molecule has 1 atom stereocenters. The number of carbonyl (C=O) groups excluding carboxylic acids is 1. The van der Waals surface area contributed by atoms with Gasteiger partial charge in [0.25, 0.3) is 5.91 Å². The van der Waals surface area contributed by atoms with E-state index in [-0.39, 0.29) is 5.69 Å². The predicted molar refractivity (Wildman–Crippen MR) is 68.0 cm³/mol. The summed E-state index contributed by atoms with van der Waals surface area (Å²) in [7, 11) is 3.44. The highest BCUT2D eigenvalue weighted by molar-refractivity contribution is 6.00. The fraction of sp³-hybridized carbons (Fsp3) is 0.417. The Morgan fingerprint density at radius 2 is 1.79 bits per heavy atom. The average Bonchev–Trinajstić information content (AvgIpc) is 2.27. The number of alkyl halides is 3. The zero-order chi connectivity index (χ0) is 14.8. The predicted octanol–water partition coefficient (Wildman–Crippen LogP) is 1.97. The smallest absolute Gasteiger partial charge is 0.376 e. The Morgan fingerprint density at radius 3 is 2.26 bits per heavy atom. The van der Waals surface area contributed by atoms with Gasteiger partial charge >= 0.3 is 6.18 Å². The Labute approximate surface area is 109 Å². The molecule has 4 nitrogen and oxygen atoms in total. The average molecular weight is 275 g/mol. The van der Waals surface area contributed by atoms with Crippen molar-refractivity contribution in [1.82, 2.24) is 0 Å². The molecule has 0 saturated heterocycles. The van der Waals surface area contributed by atoms with Gasteiger partial charge in [-0.15, -0.1) is 0 Å². The Kier molecular flexibility index (Phi) is 4.09. The number of nitrogens with two attached hydrogens (primary N) is 1. The molecular weight excluding hydrogens is 259 g/mol. The molecule has 0 aliphatic rings. The van der Waals surface area contributed by atoms with Crippen molar-refractivity contribution in [3.8, 4) is 0 Å². The van der Waals surface area contributed by atoms with Crippen LogP contribution in [0.15, 0.2) is 24.3 Å². The van der Waals surface area contributed by atoms with Crippen molar-refractivity contribution < 1.29 is 18.0 Å². The fourth-order valence-electron chi connectivity index (χ4n) is 1.35. The van der Waals surface area contributed by atoms with Gasteiger partial charge in [0.2, 0.25) is 0 Å². The van der Waals surface area contributed by atoms with Crippen molar-refractivity contribution in [3.63, 3.8) is 0 Å². The van der Waals surface area contributed by atoms with E-state index < -0.39 is 17.6 Å². The fourth-order valence-corrected chi connectivity index (χ4v) is 1.35. The Hall–Kier alpha value is -1.76. The van der Waals surface area contributed by atoms with Gasteiger partial charge in [-0.1, -0.05) is 12.1 Å². The van der Waals surface area contributed by atoms with Crippen molar-refractivity contribution >= 4 is 17.3 Å². The lowest BCUT2D eigenvalue weighted by Gasteiger charge is -2.27. The minimum atomic E-state index is -4.82. The molecule has 0 aromatic heterocycles. The van der Waals surface area contributed by atoms with Crippen LogP contribution in [0.1, 0.15) is 6.92 Å². The van der Waals surface area contributed by atoms with Gasteiger partial charge in [0, 0.05) is 14.1 Å². The second-order valence-electron chi connectivity index (χ2n) is 4.57. The number of hydrogen-bond acceptors (Lipinski definition) is 3. The van der Waals surface area contributed by atoms with E-state index in [1.807, 2.05) is 0 Å². The second kappa shape index (κ2) is 5.08. The van der Waals surface area contributed by atoms with E-state index in [0.29, 0.717) is 12.6 Å². The summed E-state index contributed by atoms with van der Waals surface area (Å²) < 4.78 is 37.9. The van der Waals surface area contributed by atoms with Crippen LogP contribution in [0.2, 0.25) is 0 Å². The van der Waals surface area contributed by atoms with Crippen LogP contribution in [-0.4, -0.2) is 31.7 Å². The summed E-state index contributed by atoms with van der Waals surface area (Å²) in [5.74, 6) is -1.30. The molecule has 7 heteroatoms. The summed E-state index contributed by atoms with van der Waals surface area (Å²) >= 11 is 0.